The van der Waals surface area contributed by atoms with Crippen LogP contribution in [0.4, 0.5) is 10.4 Å². The molecule has 0 spiro atoms. The maximum Gasteiger partial charge on any atom is 0.315 e. The zero-order valence-corrected chi connectivity index (χ0v) is 9.35. The van der Waals surface area contributed by atoms with Gasteiger partial charge in [-0.25, -0.2) is 4.39 Å². The molecule has 0 saturated carbocycles. The van der Waals surface area contributed by atoms with E-state index < -0.39 is 0 Å². The topological polar surface area (TPSA) is 77.0 Å². The molecule has 5 nitrogen and oxygen atoms in total. The average molecular weight is 236 g/mol. The number of nitrogens with two attached hydrogens (primary N) is 1. The number of aromatic nitrogens is 2. The highest BCUT2D eigenvalue weighted by atomic mass is 19.1. The summed E-state index contributed by atoms with van der Waals surface area (Å²) in [6, 6.07) is 6.26. The molecule has 0 saturated heterocycles. The van der Waals surface area contributed by atoms with Crippen LogP contribution in [0, 0.1) is 5.82 Å². The van der Waals surface area contributed by atoms with Crippen LogP contribution < -0.4 is 11.1 Å². The van der Waals surface area contributed by atoms with Gasteiger partial charge in [-0.1, -0.05) is 17.2 Å². The third-order valence-electron chi connectivity index (χ3n) is 2.16. The van der Waals surface area contributed by atoms with Crippen molar-refractivity contribution >= 4 is 6.01 Å². The zero-order chi connectivity index (χ0) is 12.3. The molecule has 0 aliphatic rings. The van der Waals surface area contributed by atoms with Gasteiger partial charge in [0.2, 0.25) is 5.89 Å². The molecule has 1 heterocycles. The van der Waals surface area contributed by atoms with Gasteiger partial charge in [0.1, 0.15) is 5.82 Å². The fourth-order valence-electron chi connectivity index (χ4n) is 1.31. The Kier molecular flexibility index (Phi) is 3.34. The lowest BCUT2D eigenvalue weighted by Crippen LogP contribution is -2.04. The standard InChI is InChI=1S/C11H13FN4O/c1-7(13)10-15-16-11(17-10)14-6-8-3-2-4-9(12)5-8/h2-5,7H,6,13H2,1H3,(H,14,16). The summed E-state index contributed by atoms with van der Waals surface area (Å²) in [7, 11) is 0. The van der Waals surface area contributed by atoms with Crippen LogP contribution in [-0.4, -0.2) is 10.2 Å². The highest BCUT2D eigenvalue weighted by Gasteiger charge is 2.09. The van der Waals surface area contributed by atoms with E-state index >= 15 is 0 Å². The number of nitrogens with one attached hydrogen (secondary N) is 1. The average Bonchev–Trinajstić information content (AvgIpc) is 2.75. The minimum atomic E-state index is -0.299. The Morgan fingerprint density at radius 3 is 2.94 bits per heavy atom. The molecule has 2 rings (SSSR count). The molecule has 1 aromatic heterocycles. The first-order valence-electron chi connectivity index (χ1n) is 5.22. The van der Waals surface area contributed by atoms with E-state index in [1.807, 2.05) is 0 Å². The molecule has 1 aromatic carbocycles. The quantitative estimate of drug-likeness (QED) is 0.847. The molecule has 6 heteroatoms. The number of nitrogens with zero attached hydrogens (tertiary/aromatic N) is 2. The van der Waals surface area contributed by atoms with Crippen LogP contribution in [0.25, 0.3) is 0 Å². The van der Waals surface area contributed by atoms with Crippen LogP contribution >= 0.6 is 0 Å². The van der Waals surface area contributed by atoms with Gasteiger partial charge < -0.3 is 15.5 Å². The van der Waals surface area contributed by atoms with Gasteiger partial charge in [-0.3, -0.25) is 0 Å². The highest BCUT2D eigenvalue weighted by Crippen LogP contribution is 2.12. The van der Waals surface area contributed by atoms with Gasteiger partial charge in [-0.15, -0.1) is 5.10 Å². The molecule has 0 bridgehead atoms. The summed E-state index contributed by atoms with van der Waals surface area (Å²) >= 11 is 0. The third kappa shape index (κ3) is 3.01. The van der Waals surface area contributed by atoms with Crippen molar-refractivity contribution in [3.63, 3.8) is 0 Å². The number of anilines is 1. The third-order valence-corrected chi connectivity index (χ3v) is 2.16. The Labute approximate surface area is 97.8 Å². The predicted molar refractivity (Wildman–Crippen MR) is 60.6 cm³/mol. The molecule has 0 amide bonds. The van der Waals surface area contributed by atoms with E-state index in [0.29, 0.717) is 12.4 Å². The van der Waals surface area contributed by atoms with E-state index in [0.717, 1.165) is 5.56 Å². The summed E-state index contributed by atoms with van der Waals surface area (Å²) in [5.74, 6) is 0.0952. The SMILES string of the molecule is CC(N)c1nnc(NCc2cccc(F)c2)o1. The smallest absolute Gasteiger partial charge is 0.315 e. The fourth-order valence-corrected chi connectivity index (χ4v) is 1.31. The second-order valence-electron chi connectivity index (χ2n) is 3.72. The Bertz CT molecular complexity index is 498. The van der Waals surface area contributed by atoms with Crippen LogP contribution in [0.2, 0.25) is 0 Å². The molecule has 90 valence electrons. The minimum Gasteiger partial charge on any atom is -0.406 e. The molecule has 17 heavy (non-hydrogen) atoms. The first-order valence-corrected chi connectivity index (χ1v) is 5.22. The van der Waals surface area contributed by atoms with Crippen molar-refractivity contribution in [3.05, 3.63) is 41.5 Å². The molecule has 0 aliphatic heterocycles. The van der Waals surface area contributed by atoms with Crippen LogP contribution in [0.1, 0.15) is 24.4 Å². The van der Waals surface area contributed by atoms with Crippen LogP contribution in [0.5, 0.6) is 0 Å². The Morgan fingerprint density at radius 2 is 2.29 bits per heavy atom. The summed E-state index contributed by atoms with van der Waals surface area (Å²) in [4.78, 5) is 0. The van der Waals surface area contributed by atoms with Gasteiger partial charge in [0.15, 0.2) is 0 Å². The van der Waals surface area contributed by atoms with Crippen molar-refractivity contribution < 1.29 is 8.81 Å². The molecule has 1 atom stereocenters. The van der Waals surface area contributed by atoms with Crippen molar-refractivity contribution in [1.29, 1.82) is 0 Å². The van der Waals surface area contributed by atoms with E-state index in [-0.39, 0.29) is 17.9 Å². The van der Waals surface area contributed by atoms with Crippen molar-refractivity contribution in [1.82, 2.24) is 10.2 Å². The van der Waals surface area contributed by atoms with Gasteiger partial charge in [-0.2, -0.15) is 0 Å². The number of rotatable bonds is 4. The second-order valence-corrected chi connectivity index (χ2v) is 3.72. The van der Waals surface area contributed by atoms with E-state index in [1.165, 1.54) is 12.1 Å². The van der Waals surface area contributed by atoms with E-state index in [1.54, 1.807) is 19.1 Å². The normalized spacial score (nSPS) is 12.4. The van der Waals surface area contributed by atoms with E-state index in [9.17, 15) is 4.39 Å². The van der Waals surface area contributed by atoms with Gasteiger partial charge in [0.25, 0.3) is 0 Å². The minimum absolute atomic E-state index is 0.272. The number of hydrogen-bond donors (Lipinski definition) is 2. The first-order chi connectivity index (χ1) is 8.15. The Hall–Kier alpha value is -1.95. The monoisotopic (exact) mass is 236 g/mol. The van der Waals surface area contributed by atoms with Gasteiger partial charge in [-0.05, 0) is 24.6 Å². The van der Waals surface area contributed by atoms with Crippen molar-refractivity contribution in [2.45, 2.75) is 19.5 Å². The van der Waals surface area contributed by atoms with Gasteiger partial charge in [0.05, 0.1) is 6.04 Å². The van der Waals surface area contributed by atoms with Crippen LogP contribution in [0.3, 0.4) is 0 Å². The molecule has 2 aromatic rings. The lowest BCUT2D eigenvalue weighted by Gasteiger charge is -2.01. The molecular weight excluding hydrogens is 223 g/mol. The second kappa shape index (κ2) is 4.92. The lowest BCUT2D eigenvalue weighted by molar-refractivity contribution is 0.472. The maximum atomic E-state index is 12.9. The number of hydrogen-bond acceptors (Lipinski definition) is 5. The first kappa shape index (κ1) is 11.5. The number of benzene rings is 1. The molecule has 0 aliphatic carbocycles. The summed E-state index contributed by atoms with van der Waals surface area (Å²) in [6.07, 6.45) is 0. The van der Waals surface area contributed by atoms with Crippen molar-refractivity contribution in [2.75, 3.05) is 5.32 Å². The Balaban J connectivity index is 1.97. The summed E-state index contributed by atoms with van der Waals surface area (Å²) in [6.45, 7) is 2.17. The van der Waals surface area contributed by atoms with E-state index in [2.05, 4.69) is 15.5 Å². The number of halogens is 1. The molecule has 0 radical (unpaired) electrons. The molecular formula is C11H13FN4O. The lowest BCUT2D eigenvalue weighted by atomic mass is 10.2. The summed E-state index contributed by atoms with van der Waals surface area (Å²) in [5.41, 5.74) is 6.38. The van der Waals surface area contributed by atoms with Crippen LogP contribution in [-0.2, 0) is 6.54 Å². The summed E-state index contributed by atoms with van der Waals surface area (Å²) < 4.78 is 18.2. The molecule has 1 unspecified atom stereocenters. The fraction of sp³-hybridized carbons (Fsp3) is 0.273. The van der Waals surface area contributed by atoms with Crippen LogP contribution in [0.15, 0.2) is 28.7 Å². The van der Waals surface area contributed by atoms with Crippen molar-refractivity contribution in [3.8, 4) is 0 Å². The largest absolute Gasteiger partial charge is 0.406 e. The summed E-state index contributed by atoms with van der Waals surface area (Å²) in [5, 5.41) is 10.4. The predicted octanol–water partition coefficient (Wildman–Crippen LogP) is 1.84. The van der Waals surface area contributed by atoms with Gasteiger partial charge in [0, 0.05) is 6.54 Å². The maximum absolute atomic E-state index is 12.9. The van der Waals surface area contributed by atoms with Crippen molar-refractivity contribution in [2.24, 2.45) is 5.73 Å². The van der Waals surface area contributed by atoms with E-state index in [4.69, 9.17) is 10.2 Å². The molecule has 3 N–H and O–H groups in total. The Morgan fingerprint density at radius 1 is 1.47 bits per heavy atom. The molecule has 0 fully saturated rings. The zero-order valence-electron chi connectivity index (χ0n) is 9.35. The van der Waals surface area contributed by atoms with Gasteiger partial charge >= 0.3 is 6.01 Å². The highest BCUT2D eigenvalue weighted by molar-refractivity contribution is 5.24.